The molecule has 0 atom stereocenters. The maximum absolute atomic E-state index is 11.8. The largest absolute Gasteiger partial charge is 0.497 e. The highest BCUT2D eigenvalue weighted by molar-refractivity contribution is 5.92. The molecule has 0 aliphatic carbocycles. The number of carbonyl (C=O) groups is 2. The molecule has 126 valence electrons. The topological polar surface area (TPSA) is 76.7 Å². The lowest BCUT2D eigenvalue weighted by Gasteiger charge is -2.08. The summed E-state index contributed by atoms with van der Waals surface area (Å²) in [5.74, 6) is 0.997. The Hall–Kier alpha value is -2.50. The molecule has 0 saturated carbocycles. The van der Waals surface area contributed by atoms with Gasteiger partial charge in [0, 0.05) is 30.6 Å². The van der Waals surface area contributed by atoms with Gasteiger partial charge in [-0.25, -0.2) is 0 Å². The van der Waals surface area contributed by atoms with Crippen molar-refractivity contribution in [2.24, 2.45) is 5.92 Å². The Kier molecular flexibility index (Phi) is 7.66. The molecular formula is C17H24N2O4. The van der Waals surface area contributed by atoms with Gasteiger partial charge in [0.25, 0.3) is 0 Å². The molecule has 0 bridgehead atoms. The lowest BCUT2D eigenvalue weighted by Crippen LogP contribution is -2.35. The molecule has 0 aromatic heterocycles. The number of hydrogen-bond acceptors (Lipinski definition) is 4. The third-order valence-electron chi connectivity index (χ3n) is 3.10. The number of ether oxygens (including phenoxy) is 2. The zero-order chi connectivity index (χ0) is 17.2. The molecule has 0 unspecified atom stereocenters. The van der Waals surface area contributed by atoms with Crippen LogP contribution < -0.4 is 20.1 Å². The molecule has 0 saturated heterocycles. The summed E-state index contributed by atoms with van der Waals surface area (Å²) in [6, 6.07) is 5.34. The van der Waals surface area contributed by atoms with E-state index in [0.29, 0.717) is 24.6 Å². The third-order valence-corrected chi connectivity index (χ3v) is 3.10. The van der Waals surface area contributed by atoms with Gasteiger partial charge in [-0.1, -0.05) is 13.8 Å². The highest BCUT2D eigenvalue weighted by atomic mass is 16.5. The predicted molar refractivity (Wildman–Crippen MR) is 89.4 cm³/mol. The number of methoxy groups -OCH3 is 2. The van der Waals surface area contributed by atoms with Crippen molar-refractivity contribution in [2.45, 2.75) is 13.8 Å². The molecule has 0 radical (unpaired) electrons. The Morgan fingerprint density at radius 2 is 1.83 bits per heavy atom. The molecule has 23 heavy (non-hydrogen) atoms. The van der Waals surface area contributed by atoms with Crippen molar-refractivity contribution in [1.82, 2.24) is 10.6 Å². The zero-order valence-corrected chi connectivity index (χ0v) is 14.0. The monoisotopic (exact) mass is 320 g/mol. The molecule has 1 rings (SSSR count). The minimum Gasteiger partial charge on any atom is -0.497 e. The highest BCUT2D eigenvalue weighted by Crippen LogP contribution is 2.24. The summed E-state index contributed by atoms with van der Waals surface area (Å²) in [7, 11) is 3.14. The predicted octanol–water partition coefficient (Wildman–Crippen LogP) is 1.61. The van der Waals surface area contributed by atoms with Crippen LogP contribution in [-0.4, -0.2) is 39.1 Å². The number of benzene rings is 1. The van der Waals surface area contributed by atoms with Crippen molar-refractivity contribution in [3.05, 3.63) is 29.8 Å². The van der Waals surface area contributed by atoms with Gasteiger partial charge in [0.15, 0.2) is 0 Å². The van der Waals surface area contributed by atoms with Gasteiger partial charge in [-0.05, 0) is 24.3 Å². The normalized spacial score (nSPS) is 10.7. The molecule has 1 aromatic rings. The van der Waals surface area contributed by atoms with Crippen molar-refractivity contribution >= 4 is 17.9 Å². The maximum atomic E-state index is 11.8. The fourth-order valence-electron chi connectivity index (χ4n) is 1.77. The molecule has 6 heteroatoms. The number of rotatable bonds is 8. The van der Waals surface area contributed by atoms with Crippen molar-refractivity contribution < 1.29 is 19.1 Å². The lowest BCUT2D eigenvalue weighted by atomic mass is 10.1. The molecule has 0 aliphatic rings. The Bertz CT molecular complexity index is 568. The smallest absolute Gasteiger partial charge is 0.244 e. The lowest BCUT2D eigenvalue weighted by molar-refractivity contribution is -0.124. The van der Waals surface area contributed by atoms with E-state index in [2.05, 4.69) is 10.6 Å². The molecule has 2 amide bonds. The Labute approximate surface area is 136 Å². The second-order valence-corrected chi connectivity index (χ2v) is 5.18. The second kappa shape index (κ2) is 9.50. The van der Waals surface area contributed by atoms with Crippen molar-refractivity contribution in [2.75, 3.05) is 27.3 Å². The van der Waals surface area contributed by atoms with Crippen LogP contribution in [0, 0.1) is 5.92 Å². The van der Waals surface area contributed by atoms with Crippen LogP contribution in [0.1, 0.15) is 19.4 Å². The minimum absolute atomic E-state index is 0.0316. The number of amides is 2. The van der Waals surface area contributed by atoms with Crippen molar-refractivity contribution in [1.29, 1.82) is 0 Å². The molecule has 6 nitrogen and oxygen atoms in total. The summed E-state index contributed by atoms with van der Waals surface area (Å²) < 4.78 is 10.4. The summed E-state index contributed by atoms with van der Waals surface area (Å²) in [5.41, 5.74) is 0.745. The van der Waals surface area contributed by atoms with Crippen LogP contribution in [0.5, 0.6) is 11.5 Å². The number of hydrogen-bond donors (Lipinski definition) is 2. The van der Waals surface area contributed by atoms with Crippen molar-refractivity contribution in [3.8, 4) is 11.5 Å². The average Bonchev–Trinajstić information content (AvgIpc) is 2.56. The van der Waals surface area contributed by atoms with E-state index < -0.39 is 0 Å². The maximum Gasteiger partial charge on any atom is 0.244 e. The van der Waals surface area contributed by atoms with Crippen LogP contribution in [0.15, 0.2) is 24.3 Å². The first-order chi connectivity index (χ1) is 11.0. The van der Waals surface area contributed by atoms with Gasteiger partial charge in [0.05, 0.1) is 14.2 Å². The Balaban J connectivity index is 2.50. The first-order valence-corrected chi connectivity index (χ1v) is 7.43. The summed E-state index contributed by atoms with van der Waals surface area (Å²) >= 11 is 0. The highest BCUT2D eigenvalue weighted by Gasteiger charge is 2.05. The molecular weight excluding hydrogens is 296 g/mol. The molecule has 1 aromatic carbocycles. The van der Waals surface area contributed by atoms with Crippen LogP contribution >= 0.6 is 0 Å². The van der Waals surface area contributed by atoms with E-state index in [1.165, 1.54) is 6.08 Å². The van der Waals surface area contributed by atoms with Gasteiger partial charge in [-0.3, -0.25) is 9.59 Å². The summed E-state index contributed by atoms with van der Waals surface area (Å²) in [4.78, 5) is 23.1. The molecule has 0 heterocycles. The van der Waals surface area contributed by atoms with E-state index >= 15 is 0 Å². The van der Waals surface area contributed by atoms with Crippen LogP contribution in [0.2, 0.25) is 0 Å². The summed E-state index contributed by atoms with van der Waals surface area (Å²) in [6.07, 6.45) is 3.07. The van der Waals surface area contributed by atoms with E-state index in [-0.39, 0.29) is 17.7 Å². The first-order valence-electron chi connectivity index (χ1n) is 7.43. The molecule has 0 spiro atoms. The van der Waals surface area contributed by atoms with Gasteiger partial charge in [-0.15, -0.1) is 0 Å². The van der Waals surface area contributed by atoms with Crippen LogP contribution in [0.25, 0.3) is 6.08 Å². The van der Waals surface area contributed by atoms with E-state index in [0.717, 1.165) is 5.56 Å². The van der Waals surface area contributed by atoms with Gasteiger partial charge in [-0.2, -0.15) is 0 Å². The third kappa shape index (κ3) is 6.42. The first kappa shape index (κ1) is 18.5. The molecule has 0 aliphatic heterocycles. The fourth-order valence-corrected chi connectivity index (χ4v) is 1.77. The quantitative estimate of drug-likeness (QED) is 0.563. The molecule has 2 N–H and O–H groups in total. The van der Waals surface area contributed by atoms with Gasteiger partial charge in [0.1, 0.15) is 11.5 Å². The SMILES string of the molecule is COc1ccc(OC)c(/C=C/C(=O)NCCNC(=O)C(C)C)c1. The standard InChI is InChI=1S/C17H24N2O4/c1-12(2)17(21)19-10-9-18-16(20)8-5-13-11-14(22-3)6-7-15(13)23-4/h5-8,11-12H,9-10H2,1-4H3,(H,18,20)(H,19,21)/b8-5+. The summed E-state index contributed by atoms with van der Waals surface area (Å²) in [5, 5.41) is 5.43. The summed E-state index contributed by atoms with van der Waals surface area (Å²) in [6.45, 7) is 4.41. The van der Waals surface area contributed by atoms with Crippen molar-refractivity contribution in [3.63, 3.8) is 0 Å². The van der Waals surface area contributed by atoms with Crippen LogP contribution in [0.4, 0.5) is 0 Å². The zero-order valence-electron chi connectivity index (χ0n) is 14.0. The van der Waals surface area contributed by atoms with Gasteiger partial charge >= 0.3 is 0 Å². The molecule has 0 fully saturated rings. The number of nitrogens with one attached hydrogen (secondary N) is 2. The van der Waals surface area contributed by atoms with Gasteiger partial charge in [0.2, 0.25) is 11.8 Å². The minimum atomic E-state index is -0.242. The van der Waals surface area contributed by atoms with E-state index in [4.69, 9.17) is 9.47 Å². The fraction of sp³-hybridized carbons (Fsp3) is 0.412. The van der Waals surface area contributed by atoms with E-state index in [1.807, 2.05) is 13.8 Å². The second-order valence-electron chi connectivity index (χ2n) is 5.18. The Morgan fingerprint density at radius 3 is 2.43 bits per heavy atom. The van der Waals surface area contributed by atoms with Crippen LogP contribution in [0.3, 0.4) is 0 Å². The van der Waals surface area contributed by atoms with Gasteiger partial charge < -0.3 is 20.1 Å². The van der Waals surface area contributed by atoms with E-state index in [1.54, 1.807) is 38.5 Å². The average molecular weight is 320 g/mol. The van der Waals surface area contributed by atoms with E-state index in [9.17, 15) is 9.59 Å². The Morgan fingerprint density at radius 1 is 1.13 bits per heavy atom. The number of carbonyl (C=O) groups excluding carboxylic acids is 2. The van der Waals surface area contributed by atoms with Crippen LogP contribution in [-0.2, 0) is 9.59 Å².